The summed E-state index contributed by atoms with van der Waals surface area (Å²) in [5.74, 6) is 1.69. The van der Waals surface area contributed by atoms with Gasteiger partial charge in [-0.3, -0.25) is 0 Å². The van der Waals surface area contributed by atoms with Gasteiger partial charge in [-0.25, -0.2) is 0 Å². The second-order valence-corrected chi connectivity index (χ2v) is 4.77. The summed E-state index contributed by atoms with van der Waals surface area (Å²) in [6, 6.07) is 9.22. The van der Waals surface area contributed by atoms with Crippen molar-refractivity contribution < 1.29 is 14.5 Å². The van der Waals surface area contributed by atoms with Crippen molar-refractivity contribution in [3.05, 3.63) is 47.9 Å². The molecule has 88 valence electrons. The first-order valence-electron chi connectivity index (χ1n) is 5.28. The molecule has 2 rings (SSSR count). The number of furan rings is 1. The number of aryl methyl sites for hydroxylation is 1. The first kappa shape index (κ1) is 12.3. The molecule has 0 aliphatic heterocycles. The molecule has 1 aromatic carbocycles. The molecule has 0 fully saturated rings. The first-order valence-corrected chi connectivity index (χ1v) is 6.27. The van der Waals surface area contributed by atoms with E-state index < -0.39 is 7.12 Å². The Hall–Kier alpha value is -1.17. The molecule has 2 aromatic rings. The molecule has 0 aliphatic carbocycles. The van der Waals surface area contributed by atoms with Crippen molar-refractivity contribution in [2.45, 2.75) is 17.6 Å². The van der Waals surface area contributed by atoms with Crippen LogP contribution in [0.25, 0.3) is 0 Å². The van der Waals surface area contributed by atoms with Gasteiger partial charge in [0.15, 0.2) is 0 Å². The van der Waals surface area contributed by atoms with E-state index in [1.54, 1.807) is 30.2 Å². The van der Waals surface area contributed by atoms with Crippen LogP contribution in [0.2, 0.25) is 0 Å². The van der Waals surface area contributed by atoms with Gasteiger partial charge in [-0.05, 0) is 24.0 Å². The van der Waals surface area contributed by atoms with Crippen molar-refractivity contribution in [3.63, 3.8) is 0 Å². The van der Waals surface area contributed by atoms with Crippen molar-refractivity contribution >= 4 is 24.3 Å². The normalized spacial score (nSPS) is 10.5. The fourth-order valence-electron chi connectivity index (χ4n) is 1.53. The Morgan fingerprint density at radius 1 is 1.29 bits per heavy atom. The number of hydrogen-bond acceptors (Lipinski definition) is 4. The topological polar surface area (TPSA) is 53.6 Å². The van der Waals surface area contributed by atoms with Crippen LogP contribution in [0.15, 0.2) is 45.9 Å². The van der Waals surface area contributed by atoms with Gasteiger partial charge in [0.25, 0.3) is 0 Å². The SMILES string of the molecule is Cc1occc1SCc1cccc(B(O)O)c1. The minimum absolute atomic E-state index is 0.520. The zero-order valence-electron chi connectivity index (χ0n) is 9.46. The third-order valence-electron chi connectivity index (χ3n) is 2.45. The average molecular weight is 248 g/mol. The Balaban J connectivity index is 2.04. The molecule has 0 atom stereocenters. The van der Waals surface area contributed by atoms with Crippen LogP contribution < -0.4 is 5.46 Å². The molecule has 0 saturated carbocycles. The maximum atomic E-state index is 9.08. The van der Waals surface area contributed by atoms with Crippen LogP contribution in [0.4, 0.5) is 0 Å². The molecule has 17 heavy (non-hydrogen) atoms. The van der Waals surface area contributed by atoms with Crippen LogP contribution in [0.1, 0.15) is 11.3 Å². The summed E-state index contributed by atoms with van der Waals surface area (Å²) in [6.07, 6.45) is 1.67. The van der Waals surface area contributed by atoms with Crippen molar-refractivity contribution in [3.8, 4) is 0 Å². The van der Waals surface area contributed by atoms with E-state index in [1.165, 1.54) is 0 Å². The molecular weight excluding hydrogens is 235 g/mol. The minimum atomic E-state index is -1.41. The molecule has 0 spiro atoms. The largest absolute Gasteiger partial charge is 0.488 e. The smallest absolute Gasteiger partial charge is 0.468 e. The highest BCUT2D eigenvalue weighted by molar-refractivity contribution is 7.98. The zero-order valence-corrected chi connectivity index (χ0v) is 10.3. The van der Waals surface area contributed by atoms with Gasteiger partial charge in [0, 0.05) is 10.6 Å². The molecule has 2 N–H and O–H groups in total. The van der Waals surface area contributed by atoms with Gasteiger partial charge in [0.2, 0.25) is 0 Å². The van der Waals surface area contributed by atoms with Crippen LogP contribution in [0.3, 0.4) is 0 Å². The van der Waals surface area contributed by atoms with Crippen molar-refractivity contribution in [1.82, 2.24) is 0 Å². The van der Waals surface area contributed by atoms with E-state index in [4.69, 9.17) is 14.5 Å². The van der Waals surface area contributed by atoms with E-state index in [-0.39, 0.29) is 0 Å². The van der Waals surface area contributed by atoms with Gasteiger partial charge in [-0.15, -0.1) is 11.8 Å². The van der Waals surface area contributed by atoms with Crippen LogP contribution in [-0.4, -0.2) is 17.2 Å². The van der Waals surface area contributed by atoms with Crippen molar-refractivity contribution in [1.29, 1.82) is 0 Å². The fraction of sp³-hybridized carbons (Fsp3) is 0.167. The predicted molar refractivity (Wildman–Crippen MR) is 69.3 cm³/mol. The Labute approximate surface area is 105 Å². The van der Waals surface area contributed by atoms with Gasteiger partial charge in [0.1, 0.15) is 5.76 Å². The Morgan fingerprint density at radius 2 is 2.12 bits per heavy atom. The van der Waals surface area contributed by atoms with Crippen molar-refractivity contribution in [2.24, 2.45) is 0 Å². The minimum Gasteiger partial charge on any atom is -0.468 e. The van der Waals surface area contributed by atoms with Gasteiger partial charge >= 0.3 is 7.12 Å². The molecule has 0 radical (unpaired) electrons. The molecule has 1 heterocycles. The molecule has 0 saturated heterocycles. The zero-order chi connectivity index (χ0) is 12.3. The maximum Gasteiger partial charge on any atom is 0.488 e. The lowest BCUT2D eigenvalue weighted by atomic mass is 9.80. The lowest BCUT2D eigenvalue weighted by Gasteiger charge is -2.04. The third-order valence-corrected chi connectivity index (χ3v) is 3.67. The maximum absolute atomic E-state index is 9.08. The summed E-state index contributed by atoms with van der Waals surface area (Å²) in [4.78, 5) is 1.11. The molecule has 0 aliphatic rings. The predicted octanol–water partition coefficient (Wildman–Crippen LogP) is 1.56. The van der Waals surface area contributed by atoms with Gasteiger partial charge in [-0.1, -0.05) is 24.3 Å². The van der Waals surface area contributed by atoms with Gasteiger partial charge < -0.3 is 14.5 Å². The third kappa shape index (κ3) is 3.15. The van der Waals surface area contributed by atoms with E-state index in [9.17, 15) is 0 Å². The molecule has 0 amide bonds. The number of hydrogen-bond donors (Lipinski definition) is 2. The second-order valence-electron chi connectivity index (χ2n) is 3.75. The first-order chi connectivity index (χ1) is 8.16. The summed E-state index contributed by atoms with van der Waals surface area (Å²) >= 11 is 1.67. The summed E-state index contributed by atoms with van der Waals surface area (Å²) in [7, 11) is -1.41. The standard InChI is InChI=1S/C12H13BO3S/c1-9-12(5-6-16-9)17-8-10-3-2-4-11(7-10)13(14)15/h2-7,14-15H,8H2,1H3. The Bertz CT molecular complexity index is 496. The summed E-state index contributed by atoms with van der Waals surface area (Å²) in [5, 5.41) is 18.2. The highest BCUT2D eigenvalue weighted by atomic mass is 32.2. The average Bonchev–Trinajstić information content (AvgIpc) is 2.72. The summed E-state index contributed by atoms with van der Waals surface area (Å²) in [6.45, 7) is 1.93. The quantitative estimate of drug-likeness (QED) is 0.636. The van der Waals surface area contributed by atoms with E-state index >= 15 is 0 Å². The van der Waals surface area contributed by atoms with Crippen molar-refractivity contribution in [2.75, 3.05) is 0 Å². The number of rotatable bonds is 4. The highest BCUT2D eigenvalue weighted by Crippen LogP contribution is 2.26. The number of benzene rings is 1. The summed E-state index contributed by atoms with van der Waals surface area (Å²) < 4.78 is 5.21. The second kappa shape index (κ2) is 5.45. The van der Waals surface area contributed by atoms with Gasteiger partial charge in [0.05, 0.1) is 6.26 Å². The van der Waals surface area contributed by atoms with E-state index in [0.29, 0.717) is 5.46 Å². The van der Waals surface area contributed by atoms with Crippen LogP contribution in [0.5, 0.6) is 0 Å². The molecule has 0 bridgehead atoms. The summed E-state index contributed by atoms with van der Waals surface area (Å²) in [5.41, 5.74) is 1.58. The Kier molecular flexibility index (Phi) is 3.94. The molecular formula is C12H13BO3S. The van der Waals surface area contributed by atoms with E-state index in [2.05, 4.69) is 0 Å². The lowest BCUT2D eigenvalue weighted by Crippen LogP contribution is -2.29. The molecule has 5 heteroatoms. The Morgan fingerprint density at radius 3 is 2.76 bits per heavy atom. The molecule has 0 unspecified atom stereocenters. The molecule has 1 aromatic heterocycles. The van der Waals surface area contributed by atoms with E-state index in [0.717, 1.165) is 22.0 Å². The lowest BCUT2D eigenvalue weighted by molar-refractivity contribution is 0.425. The van der Waals surface area contributed by atoms with Crippen LogP contribution in [-0.2, 0) is 5.75 Å². The van der Waals surface area contributed by atoms with E-state index in [1.807, 2.05) is 25.1 Å². The molecule has 3 nitrogen and oxygen atoms in total. The fourth-order valence-corrected chi connectivity index (χ4v) is 2.43. The van der Waals surface area contributed by atoms with Gasteiger partial charge in [-0.2, -0.15) is 0 Å². The highest BCUT2D eigenvalue weighted by Gasteiger charge is 2.11. The van der Waals surface area contributed by atoms with Crippen LogP contribution >= 0.6 is 11.8 Å². The number of thioether (sulfide) groups is 1. The van der Waals surface area contributed by atoms with Crippen LogP contribution in [0, 0.1) is 6.92 Å². The monoisotopic (exact) mass is 248 g/mol.